The SMILES string of the molecule is COc1cc(C=NNC(=O)CC(=O)Nc2ccc(F)cc2)cc(Br)c1O. The lowest BCUT2D eigenvalue weighted by molar-refractivity contribution is -0.126. The van der Waals surface area contributed by atoms with E-state index >= 15 is 0 Å². The molecule has 0 aliphatic carbocycles. The summed E-state index contributed by atoms with van der Waals surface area (Å²) in [4.78, 5) is 23.5. The lowest BCUT2D eigenvalue weighted by atomic mass is 10.2. The molecule has 3 N–H and O–H groups in total. The van der Waals surface area contributed by atoms with E-state index in [0.29, 0.717) is 15.7 Å². The molecule has 0 saturated heterocycles. The number of carbonyl (C=O) groups excluding carboxylic acids is 2. The van der Waals surface area contributed by atoms with Gasteiger partial charge < -0.3 is 15.2 Å². The molecule has 2 aromatic carbocycles. The number of carbonyl (C=O) groups is 2. The van der Waals surface area contributed by atoms with Crippen molar-refractivity contribution in [2.24, 2.45) is 5.10 Å². The van der Waals surface area contributed by atoms with Crippen LogP contribution in [0.25, 0.3) is 0 Å². The molecular formula is C17H15BrFN3O4. The van der Waals surface area contributed by atoms with Crippen molar-refractivity contribution >= 4 is 39.6 Å². The normalized spacial score (nSPS) is 10.6. The van der Waals surface area contributed by atoms with Gasteiger partial charge in [-0.1, -0.05) is 0 Å². The van der Waals surface area contributed by atoms with Gasteiger partial charge in [0.2, 0.25) is 11.8 Å². The van der Waals surface area contributed by atoms with E-state index in [1.54, 1.807) is 6.07 Å². The molecule has 9 heteroatoms. The van der Waals surface area contributed by atoms with E-state index in [4.69, 9.17) is 4.74 Å². The first-order valence-electron chi connectivity index (χ1n) is 7.33. The molecule has 2 aromatic rings. The summed E-state index contributed by atoms with van der Waals surface area (Å²) in [7, 11) is 1.41. The van der Waals surface area contributed by atoms with Crippen LogP contribution in [-0.4, -0.2) is 30.2 Å². The van der Waals surface area contributed by atoms with Gasteiger partial charge in [-0.3, -0.25) is 9.59 Å². The first-order valence-corrected chi connectivity index (χ1v) is 8.12. The Morgan fingerprint density at radius 3 is 2.62 bits per heavy atom. The summed E-state index contributed by atoms with van der Waals surface area (Å²) in [6.45, 7) is 0. The van der Waals surface area contributed by atoms with Crippen LogP contribution >= 0.6 is 15.9 Å². The Balaban J connectivity index is 1.88. The summed E-state index contributed by atoms with van der Waals surface area (Å²) in [5, 5.41) is 15.9. The van der Waals surface area contributed by atoms with Crippen LogP contribution in [0.5, 0.6) is 11.5 Å². The van der Waals surface area contributed by atoms with E-state index in [2.05, 4.69) is 31.8 Å². The Bertz CT molecular complexity index is 841. The van der Waals surface area contributed by atoms with Crippen molar-refractivity contribution in [3.05, 3.63) is 52.3 Å². The van der Waals surface area contributed by atoms with Crippen LogP contribution in [0, 0.1) is 5.82 Å². The molecule has 0 saturated carbocycles. The van der Waals surface area contributed by atoms with Gasteiger partial charge >= 0.3 is 0 Å². The van der Waals surface area contributed by atoms with E-state index < -0.39 is 24.1 Å². The van der Waals surface area contributed by atoms with Gasteiger partial charge in [-0.25, -0.2) is 9.82 Å². The van der Waals surface area contributed by atoms with Crippen molar-refractivity contribution < 1.29 is 23.8 Å². The minimum absolute atomic E-state index is 0.0499. The second kappa shape index (κ2) is 8.95. The van der Waals surface area contributed by atoms with E-state index in [0.717, 1.165) is 0 Å². The second-order valence-corrected chi connectivity index (χ2v) is 5.93. The average molecular weight is 424 g/mol. The zero-order valence-corrected chi connectivity index (χ0v) is 15.2. The maximum absolute atomic E-state index is 12.8. The van der Waals surface area contributed by atoms with Crippen LogP contribution < -0.4 is 15.5 Å². The van der Waals surface area contributed by atoms with E-state index in [-0.39, 0.29) is 11.5 Å². The molecular weight excluding hydrogens is 409 g/mol. The van der Waals surface area contributed by atoms with Gasteiger partial charge in [-0.15, -0.1) is 0 Å². The molecule has 0 bridgehead atoms. The van der Waals surface area contributed by atoms with Crippen molar-refractivity contribution in [2.75, 3.05) is 12.4 Å². The zero-order chi connectivity index (χ0) is 19.1. The fourth-order valence-electron chi connectivity index (χ4n) is 1.93. The first kappa shape index (κ1) is 19.4. The number of benzene rings is 2. The molecule has 136 valence electrons. The Kier molecular flexibility index (Phi) is 6.67. The smallest absolute Gasteiger partial charge is 0.249 e. The maximum Gasteiger partial charge on any atom is 0.249 e. The number of halogens is 2. The number of aromatic hydroxyl groups is 1. The largest absolute Gasteiger partial charge is 0.503 e. The second-order valence-electron chi connectivity index (χ2n) is 5.08. The molecule has 0 atom stereocenters. The van der Waals surface area contributed by atoms with Crippen molar-refractivity contribution in [1.82, 2.24) is 5.43 Å². The summed E-state index contributed by atoms with van der Waals surface area (Å²) < 4.78 is 18.2. The Morgan fingerprint density at radius 1 is 1.27 bits per heavy atom. The quantitative estimate of drug-likeness (QED) is 0.377. The molecule has 7 nitrogen and oxygen atoms in total. The van der Waals surface area contributed by atoms with Crippen molar-refractivity contribution in [2.45, 2.75) is 6.42 Å². The summed E-state index contributed by atoms with van der Waals surface area (Å²) in [5.74, 6) is -1.41. The van der Waals surface area contributed by atoms with E-state index in [1.807, 2.05) is 0 Å². The summed E-state index contributed by atoms with van der Waals surface area (Å²) in [6.07, 6.45) is 0.889. The third kappa shape index (κ3) is 5.55. The van der Waals surface area contributed by atoms with Gasteiger partial charge in [0, 0.05) is 5.69 Å². The molecule has 26 heavy (non-hydrogen) atoms. The highest BCUT2D eigenvalue weighted by molar-refractivity contribution is 9.10. The molecule has 2 rings (SSSR count). The van der Waals surface area contributed by atoms with Gasteiger partial charge in [0.05, 0.1) is 17.8 Å². The highest BCUT2D eigenvalue weighted by Gasteiger charge is 2.10. The number of nitrogens with zero attached hydrogens (tertiary/aromatic N) is 1. The van der Waals surface area contributed by atoms with Crippen LogP contribution in [0.15, 0.2) is 46.0 Å². The molecule has 0 heterocycles. The van der Waals surface area contributed by atoms with Gasteiger partial charge in [0.25, 0.3) is 0 Å². The molecule has 0 spiro atoms. The number of rotatable bonds is 6. The van der Waals surface area contributed by atoms with Crippen molar-refractivity contribution in [1.29, 1.82) is 0 Å². The van der Waals surface area contributed by atoms with Gasteiger partial charge in [-0.2, -0.15) is 5.10 Å². The minimum Gasteiger partial charge on any atom is -0.503 e. The van der Waals surface area contributed by atoms with E-state index in [1.165, 1.54) is 43.7 Å². The predicted molar refractivity (Wildman–Crippen MR) is 97.7 cm³/mol. The average Bonchev–Trinajstić information content (AvgIpc) is 2.59. The molecule has 0 unspecified atom stereocenters. The Morgan fingerprint density at radius 2 is 1.96 bits per heavy atom. The number of hydrogen-bond donors (Lipinski definition) is 3. The topological polar surface area (TPSA) is 100 Å². The third-order valence-corrected chi connectivity index (χ3v) is 3.73. The summed E-state index contributed by atoms with van der Waals surface area (Å²) in [6, 6.07) is 8.28. The number of hydrogen-bond acceptors (Lipinski definition) is 5. The minimum atomic E-state index is -0.620. The highest BCUT2D eigenvalue weighted by atomic mass is 79.9. The summed E-state index contributed by atoms with van der Waals surface area (Å²) >= 11 is 3.17. The number of hydrazone groups is 1. The molecule has 2 amide bonds. The molecule has 0 aliphatic rings. The van der Waals surface area contributed by atoms with Crippen LogP contribution in [0.2, 0.25) is 0 Å². The molecule has 0 aromatic heterocycles. The predicted octanol–water partition coefficient (Wildman–Crippen LogP) is 2.78. The summed E-state index contributed by atoms with van der Waals surface area (Å²) in [5.41, 5.74) is 3.16. The highest BCUT2D eigenvalue weighted by Crippen LogP contribution is 2.34. The molecule has 0 fully saturated rings. The molecule has 0 radical (unpaired) electrons. The number of methoxy groups -OCH3 is 1. The van der Waals surface area contributed by atoms with Gasteiger partial charge in [0.1, 0.15) is 12.2 Å². The standard InChI is InChI=1S/C17H15BrFN3O4/c1-26-14-7-10(6-13(18)17(14)25)9-20-22-16(24)8-15(23)21-12-4-2-11(19)3-5-12/h2-7,9,25H,8H2,1H3,(H,21,23)(H,22,24). The lowest BCUT2D eigenvalue weighted by Crippen LogP contribution is -2.24. The van der Waals surface area contributed by atoms with Crippen LogP contribution in [0.4, 0.5) is 10.1 Å². The van der Waals surface area contributed by atoms with Crippen LogP contribution in [0.1, 0.15) is 12.0 Å². The lowest BCUT2D eigenvalue weighted by Gasteiger charge is -2.06. The van der Waals surface area contributed by atoms with E-state index in [9.17, 15) is 19.1 Å². The Labute approximate surface area is 157 Å². The molecule has 0 aliphatic heterocycles. The number of anilines is 1. The number of phenols is 1. The maximum atomic E-state index is 12.8. The number of amides is 2. The van der Waals surface area contributed by atoms with Crippen molar-refractivity contribution in [3.63, 3.8) is 0 Å². The van der Waals surface area contributed by atoms with Gasteiger partial charge in [0.15, 0.2) is 11.5 Å². The fraction of sp³-hybridized carbons (Fsp3) is 0.118. The van der Waals surface area contributed by atoms with Crippen LogP contribution in [0.3, 0.4) is 0 Å². The fourth-order valence-corrected chi connectivity index (χ4v) is 2.39. The Hall–Kier alpha value is -2.94. The van der Waals surface area contributed by atoms with Crippen molar-refractivity contribution in [3.8, 4) is 11.5 Å². The number of phenolic OH excluding ortho intramolecular Hbond substituents is 1. The van der Waals surface area contributed by atoms with Gasteiger partial charge in [-0.05, 0) is 57.9 Å². The number of nitrogens with one attached hydrogen (secondary N) is 2. The zero-order valence-electron chi connectivity index (χ0n) is 13.6. The number of ether oxygens (including phenoxy) is 1. The van der Waals surface area contributed by atoms with Crippen LogP contribution in [-0.2, 0) is 9.59 Å². The third-order valence-electron chi connectivity index (χ3n) is 3.12. The monoisotopic (exact) mass is 423 g/mol. The first-order chi connectivity index (χ1) is 12.4.